The molecule has 1 heterocycles. The summed E-state index contributed by atoms with van der Waals surface area (Å²) >= 11 is 0. The highest BCUT2D eigenvalue weighted by molar-refractivity contribution is 6.18. The highest BCUT2D eigenvalue weighted by atomic mass is 15.1. The van der Waals surface area contributed by atoms with Gasteiger partial charge in [0.1, 0.15) is 0 Å². The zero-order valence-electron chi connectivity index (χ0n) is 27.4. The molecule has 0 amide bonds. The van der Waals surface area contributed by atoms with Gasteiger partial charge < -0.3 is 9.47 Å². The molecule has 0 radical (unpaired) electrons. The molecule has 2 nitrogen and oxygen atoms in total. The van der Waals surface area contributed by atoms with Crippen molar-refractivity contribution in [3.8, 4) is 16.8 Å². The van der Waals surface area contributed by atoms with Gasteiger partial charge in [-0.3, -0.25) is 0 Å². The molecule has 0 aliphatic heterocycles. The summed E-state index contributed by atoms with van der Waals surface area (Å²) < 4.78 is 2.39. The fraction of sp³-hybridized carbons (Fsp3) is 0. The Morgan fingerprint density at radius 1 is 0.300 bits per heavy atom. The van der Waals surface area contributed by atoms with Gasteiger partial charge in [0, 0.05) is 33.5 Å². The molecule has 10 aromatic rings. The van der Waals surface area contributed by atoms with Gasteiger partial charge in [0.25, 0.3) is 0 Å². The van der Waals surface area contributed by atoms with Gasteiger partial charge in [0.05, 0.1) is 11.0 Å². The topological polar surface area (TPSA) is 8.17 Å². The molecule has 1 aromatic heterocycles. The third-order valence-electron chi connectivity index (χ3n) is 10.1. The normalized spacial score (nSPS) is 11.6. The van der Waals surface area contributed by atoms with Gasteiger partial charge in [0.15, 0.2) is 0 Å². The number of fused-ring (bicyclic) bond motifs is 7. The van der Waals surface area contributed by atoms with E-state index < -0.39 is 0 Å². The Bertz CT molecular complexity index is 2810. The fourth-order valence-electron chi connectivity index (χ4n) is 7.72. The first-order valence-corrected chi connectivity index (χ1v) is 17.2. The Hall–Kier alpha value is -6.64. The number of aromatic nitrogens is 1. The van der Waals surface area contributed by atoms with E-state index in [9.17, 15) is 0 Å². The Morgan fingerprint density at radius 2 is 0.860 bits per heavy atom. The van der Waals surface area contributed by atoms with Crippen LogP contribution < -0.4 is 4.90 Å². The molecule has 0 N–H and O–H groups in total. The number of rotatable bonds is 5. The largest absolute Gasteiger partial charge is 0.310 e. The maximum Gasteiger partial charge on any atom is 0.0547 e. The molecule has 234 valence electrons. The Morgan fingerprint density at radius 3 is 1.60 bits per heavy atom. The van der Waals surface area contributed by atoms with Crippen LogP contribution >= 0.6 is 0 Å². The zero-order valence-corrected chi connectivity index (χ0v) is 27.4. The second-order valence-electron chi connectivity index (χ2n) is 13.0. The molecule has 0 spiro atoms. The predicted molar refractivity (Wildman–Crippen MR) is 213 cm³/mol. The minimum atomic E-state index is 1.14. The summed E-state index contributed by atoms with van der Waals surface area (Å²) in [5, 5.41) is 10.0. The molecule has 0 unspecified atom stereocenters. The molecular weight excluding hydrogens is 605 g/mol. The quantitative estimate of drug-likeness (QED) is 0.171. The van der Waals surface area contributed by atoms with Gasteiger partial charge in [-0.1, -0.05) is 115 Å². The summed E-state index contributed by atoms with van der Waals surface area (Å²) in [4.78, 5) is 2.31. The van der Waals surface area contributed by atoms with Gasteiger partial charge >= 0.3 is 0 Å². The molecule has 50 heavy (non-hydrogen) atoms. The van der Waals surface area contributed by atoms with Crippen molar-refractivity contribution in [2.75, 3.05) is 4.90 Å². The van der Waals surface area contributed by atoms with Crippen LogP contribution in [0.3, 0.4) is 0 Å². The number of nitrogens with zero attached hydrogens (tertiary/aromatic N) is 2. The van der Waals surface area contributed by atoms with Crippen LogP contribution in [0.25, 0.3) is 70.9 Å². The Balaban J connectivity index is 1.06. The van der Waals surface area contributed by atoms with Crippen LogP contribution in [0.4, 0.5) is 17.1 Å². The van der Waals surface area contributed by atoms with E-state index in [1.54, 1.807) is 0 Å². The summed E-state index contributed by atoms with van der Waals surface area (Å²) in [6.45, 7) is 0. The maximum absolute atomic E-state index is 2.40. The van der Waals surface area contributed by atoms with Crippen LogP contribution in [0, 0.1) is 0 Å². The average molecular weight is 637 g/mol. The molecule has 0 aliphatic carbocycles. The highest BCUT2D eigenvalue weighted by Crippen LogP contribution is 2.39. The van der Waals surface area contributed by atoms with Gasteiger partial charge in [-0.2, -0.15) is 0 Å². The van der Waals surface area contributed by atoms with Crippen molar-refractivity contribution in [2.45, 2.75) is 0 Å². The van der Waals surface area contributed by atoms with Crippen LogP contribution in [0.1, 0.15) is 0 Å². The molecular formula is C48H32N2. The SMILES string of the molecule is c1ccc(N(c2ccccc2)c2ccc3cc(-c4ccc5c(ccc6cc7c(cc65)c5ccccc5n7-c5ccccc5)c4)ccc3c2)cc1. The van der Waals surface area contributed by atoms with Crippen molar-refractivity contribution in [3.05, 3.63) is 194 Å². The minimum Gasteiger partial charge on any atom is -0.310 e. The monoisotopic (exact) mass is 636 g/mol. The Labute approximate surface area is 290 Å². The van der Waals surface area contributed by atoms with E-state index in [-0.39, 0.29) is 0 Å². The summed E-state index contributed by atoms with van der Waals surface area (Å²) in [6.07, 6.45) is 0. The van der Waals surface area contributed by atoms with Crippen molar-refractivity contribution in [1.82, 2.24) is 4.57 Å². The van der Waals surface area contributed by atoms with Crippen molar-refractivity contribution in [1.29, 1.82) is 0 Å². The first-order valence-electron chi connectivity index (χ1n) is 17.2. The highest BCUT2D eigenvalue weighted by Gasteiger charge is 2.15. The summed E-state index contributed by atoms with van der Waals surface area (Å²) in [5.74, 6) is 0. The fourth-order valence-corrected chi connectivity index (χ4v) is 7.72. The number of hydrogen-bond donors (Lipinski definition) is 0. The maximum atomic E-state index is 2.40. The second kappa shape index (κ2) is 11.5. The molecule has 0 atom stereocenters. The molecule has 2 heteroatoms. The summed E-state index contributed by atoms with van der Waals surface area (Å²) in [6, 6.07) is 70.4. The lowest BCUT2D eigenvalue weighted by atomic mass is 9.95. The van der Waals surface area contributed by atoms with Crippen LogP contribution in [-0.2, 0) is 0 Å². The van der Waals surface area contributed by atoms with Crippen LogP contribution in [0.2, 0.25) is 0 Å². The molecule has 0 saturated heterocycles. The van der Waals surface area contributed by atoms with E-state index in [1.165, 1.54) is 70.9 Å². The standard InChI is InChI=1S/C48H32N2/c1-4-12-39(13-5-1)49(40-14-6-2-7-15-40)42-26-24-34-28-33(20-21-36(34)30-42)35-25-27-43-37(29-35)22-23-38-31-48-46(32-45(38)43)44-18-10-11-19-47(44)50(48)41-16-8-3-9-17-41/h1-32H. The molecule has 0 bridgehead atoms. The van der Waals surface area contributed by atoms with Crippen LogP contribution in [0.15, 0.2) is 194 Å². The molecule has 0 aliphatic rings. The van der Waals surface area contributed by atoms with Crippen molar-refractivity contribution < 1.29 is 0 Å². The average Bonchev–Trinajstić information content (AvgIpc) is 3.51. The lowest BCUT2D eigenvalue weighted by Gasteiger charge is -2.25. The third-order valence-corrected chi connectivity index (χ3v) is 10.1. The minimum absolute atomic E-state index is 1.14. The summed E-state index contributed by atoms with van der Waals surface area (Å²) in [5.41, 5.74) is 9.50. The first-order chi connectivity index (χ1) is 24.8. The van der Waals surface area contributed by atoms with E-state index in [0.717, 1.165) is 17.1 Å². The number of hydrogen-bond acceptors (Lipinski definition) is 1. The van der Waals surface area contributed by atoms with Crippen LogP contribution in [-0.4, -0.2) is 4.57 Å². The number of para-hydroxylation sites is 4. The van der Waals surface area contributed by atoms with Gasteiger partial charge in [-0.25, -0.2) is 0 Å². The van der Waals surface area contributed by atoms with Gasteiger partial charge in [-0.05, 0) is 122 Å². The van der Waals surface area contributed by atoms with Crippen molar-refractivity contribution in [3.63, 3.8) is 0 Å². The molecule has 0 fully saturated rings. The van der Waals surface area contributed by atoms with Crippen molar-refractivity contribution >= 4 is 71.2 Å². The van der Waals surface area contributed by atoms with Gasteiger partial charge in [0.2, 0.25) is 0 Å². The Kier molecular flexibility index (Phi) is 6.53. The van der Waals surface area contributed by atoms with Crippen LogP contribution in [0.5, 0.6) is 0 Å². The second-order valence-corrected chi connectivity index (χ2v) is 13.0. The molecule has 9 aromatic carbocycles. The van der Waals surface area contributed by atoms with E-state index in [1.807, 2.05) is 0 Å². The first kappa shape index (κ1) is 28.4. The smallest absolute Gasteiger partial charge is 0.0547 e. The molecule has 0 saturated carbocycles. The van der Waals surface area contributed by atoms with E-state index in [2.05, 4.69) is 204 Å². The number of benzene rings is 9. The summed E-state index contributed by atoms with van der Waals surface area (Å²) in [7, 11) is 0. The lowest BCUT2D eigenvalue weighted by molar-refractivity contribution is 1.18. The predicted octanol–water partition coefficient (Wildman–Crippen LogP) is 13.4. The molecule has 10 rings (SSSR count). The number of anilines is 3. The van der Waals surface area contributed by atoms with Crippen molar-refractivity contribution in [2.24, 2.45) is 0 Å². The zero-order chi connectivity index (χ0) is 33.0. The van der Waals surface area contributed by atoms with E-state index in [0.29, 0.717) is 0 Å². The third kappa shape index (κ3) is 4.65. The van der Waals surface area contributed by atoms with E-state index >= 15 is 0 Å². The van der Waals surface area contributed by atoms with E-state index in [4.69, 9.17) is 0 Å². The lowest BCUT2D eigenvalue weighted by Crippen LogP contribution is -2.09. The van der Waals surface area contributed by atoms with Gasteiger partial charge in [-0.15, -0.1) is 0 Å².